The van der Waals surface area contributed by atoms with E-state index in [0.29, 0.717) is 37.4 Å². The molecule has 0 radical (unpaired) electrons. The number of H-pyrrole nitrogens is 1. The van der Waals surface area contributed by atoms with Crippen LogP contribution in [-0.2, 0) is 40.3 Å². The van der Waals surface area contributed by atoms with Gasteiger partial charge in [-0.2, -0.15) is 0 Å². The van der Waals surface area contributed by atoms with E-state index in [4.69, 9.17) is 9.72 Å². The Balaban J connectivity index is 1.59. The lowest BCUT2D eigenvalue weighted by molar-refractivity contribution is -0.132. The molecule has 4 amide bonds. The van der Waals surface area contributed by atoms with E-state index in [-0.39, 0.29) is 24.2 Å². The number of aromatic nitrogens is 2. The van der Waals surface area contributed by atoms with Crippen molar-refractivity contribution in [3.8, 4) is 5.75 Å². The molecular formula is C38H53N7O5. The van der Waals surface area contributed by atoms with E-state index < -0.39 is 29.9 Å². The molecule has 3 aromatic rings. The molecule has 2 bridgehead atoms. The van der Waals surface area contributed by atoms with Crippen molar-refractivity contribution in [1.82, 2.24) is 36.1 Å². The molecule has 1 aromatic heterocycles. The Morgan fingerprint density at radius 2 is 1.64 bits per heavy atom. The topological polar surface area (TPSA) is 158 Å². The van der Waals surface area contributed by atoms with E-state index in [1.165, 1.54) is 0 Å². The van der Waals surface area contributed by atoms with Crippen molar-refractivity contribution in [2.24, 2.45) is 5.92 Å². The summed E-state index contributed by atoms with van der Waals surface area (Å²) in [5, 5.41) is 11.5. The molecule has 0 fully saturated rings. The van der Waals surface area contributed by atoms with Crippen molar-refractivity contribution in [3.63, 3.8) is 0 Å². The molecule has 5 N–H and O–H groups in total. The third-order valence-electron chi connectivity index (χ3n) is 9.33. The highest BCUT2D eigenvalue weighted by Crippen LogP contribution is 2.17. The number of amides is 4. The number of fused-ring (bicyclic) bond motifs is 18. The van der Waals surface area contributed by atoms with Crippen molar-refractivity contribution in [3.05, 3.63) is 82.4 Å². The molecule has 1 unspecified atom stereocenters. The van der Waals surface area contributed by atoms with Gasteiger partial charge in [0.1, 0.15) is 29.7 Å². The molecular weight excluding hydrogens is 634 g/mol. The minimum Gasteiger partial charge on any atom is -0.497 e. The third-order valence-corrected chi connectivity index (χ3v) is 9.33. The van der Waals surface area contributed by atoms with Gasteiger partial charge in [0.15, 0.2) is 0 Å². The normalized spacial score (nSPS) is 21.0. The molecule has 0 aliphatic carbocycles. The van der Waals surface area contributed by atoms with E-state index in [0.717, 1.165) is 54.1 Å². The Morgan fingerprint density at radius 3 is 2.28 bits per heavy atom. The number of imidazole rings is 1. The molecule has 270 valence electrons. The SMILES string of the molecule is CCc1nc(CN2CCCCNC(=O)[C@@H](C)NC(=O)[C@H](Cc3ccc(OC)cc3)NC(=O)C([C@@H](C)CC)NC(=O)c3ccc(cc3)C2)c(C)[nH]1. The maximum absolute atomic E-state index is 13.8. The fourth-order valence-electron chi connectivity index (χ4n) is 5.93. The van der Waals surface area contributed by atoms with Crippen molar-refractivity contribution in [2.45, 2.75) is 97.9 Å². The first-order valence-corrected chi connectivity index (χ1v) is 17.7. The van der Waals surface area contributed by atoms with Crippen LogP contribution in [0.4, 0.5) is 0 Å². The minimum atomic E-state index is -1.000. The van der Waals surface area contributed by atoms with E-state index in [9.17, 15) is 19.2 Å². The van der Waals surface area contributed by atoms with Gasteiger partial charge < -0.3 is 31.0 Å². The predicted octanol–water partition coefficient (Wildman–Crippen LogP) is 3.58. The molecule has 2 aliphatic heterocycles. The smallest absolute Gasteiger partial charge is 0.251 e. The van der Waals surface area contributed by atoms with Gasteiger partial charge in [0.05, 0.1) is 12.8 Å². The van der Waals surface area contributed by atoms with Gasteiger partial charge in [0.2, 0.25) is 17.7 Å². The first-order valence-electron chi connectivity index (χ1n) is 17.7. The summed E-state index contributed by atoms with van der Waals surface area (Å²) in [7, 11) is 1.57. The van der Waals surface area contributed by atoms with Crippen LogP contribution < -0.4 is 26.0 Å². The molecule has 4 atom stereocenters. The number of nitrogens with one attached hydrogen (secondary N) is 5. The molecule has 12 nitrogen and oxygen atoms in total. The van der Waals surface area contributed by atoms with Crippen molar-refractivity contribution in [1.29, 1.82) is 0 Å². The van der Waals surface area contributed by atoms with Gasteiger partial charge in [0, 0.05) is 43.7 Å². The van der Waals surface area contributed by atoms with Gasteiger partial charge in [0.25, 0.3) is 5.91 Å². The molecule has 2 aromatic carbocycles. The lowest BCUT2D eigenvalue weighted by Crippen LogP contribution is -2.58. The lowest BCUT2D eigenvalue weighted by atomic mass is 9.96. The van der Waals surface area contributed by atoms with Gasteiger partial charge in [-0.05, 0) is 74.5 Å². The van der Waals surface area contributed by atoms with Crippen LogP contribution in [0.1, 0.15) is 85.7 Å². The average molecular weight is 688 g/mol. The second-order valence-corrected chi connectivity index (χ2v) is 13.2. The van der Waals surface area contributed by atoms with Gasteiger partial charge in [-0.25, -0.2) is 4.98 Å². The molecule has 3 heterocycles. The standard InChI is InChI=1S/C38H53N7O5/c1-7-24(3)34-38(49)43-31(21-27-13-17-30(50-6)18-14-27)37(48)41-26(5)35(46)39-19-9-10-20-45(23-32-25(4)40-33(8-2)42-32)22-28-11-15-29(16-12-28)36(47)44-34/h11-18,24,26,31,34H,7-10,19-23H2,1-6H3,(H,39,46)(H,40,42)(H,41,48)(H,43,49)(H,44,47)/t24-,26+,31-,34?/m0/s1. The summed E-state index contributed by atoms with van der Waals surface area (Å²) >= 11 is 0. The van der Waals surface area contributed by atoms with Crippen molar-refractivity contribution in [2.75, 3.05) is 20.2 Å². The Bertz CT molecular complexity index is 1590. The number of aromatic amines is 1. The minimum absolute atomic E-state index is 0.173. The summed E-state index contributed by atoms with van der Waals surface area (Å²) in [6, 6.07) is 11.9. The van der Waals surface area contributed by atoms with Crippen LogP contribution in [0.5, 0.6) is 5.75 Å². The zero-order chi connectivity index (χ0) is 36.2. The molecule has 0 saturated heterocycles. The molecule has 12 heteroatoms. The Labute approximate surface area is 295 Å². The number of hydrogen-bond acceptors (Lipinski definition) is 7. The zero-order valence-electron chi connectivity index (χ0n) is 30.2. The van der Waals surface area contributed by atoms with Crippen molar-refractivity contribution >= 4 is 23.6 Å². The van der Waals surface area contributed by atoms with Crippen LogP contribution in [-0.4, -0.2) is 76.8 Å². The molecule has 0 saturated carbocycles. The van der Waals surface area contributed by atoms with Crippen LogP contribution in [0.15, 0.2) is 48.5 Å². The first-order chi connectivity index (χ1) is 24.0. The summed E-state index contributed by atoms with van der Waals surface area (Å²) in [4.78, 5) is 64.5. The quantitative estimate of drug-likeness (QED) is 0.227. The second kappa shape index (κ2) is 18.3. The lowest BCUT2D eigenvalue weighted by Gasteiger charge is -2.27. The highest BCUT2D eigenvalue weighted by Gasteiger charge is 2.31. The highest BCUT2D eigenvalue weighted by molar-refractivity contribution is 5.99. The zero-order valence-corrected chi connectivity index (χ0v) is 30.2. The Hall–Kier alpha value is -4.71. The highest BCUT2D eigenvalue weighted by atomic mass is 16.5. The fourth-order valence-corrected chi connectivity index (χ4v) is 5.93. The van der Waals surface area contributed by atoms with E-state index >= 15 is 0 Å². The number of benzene rings is 2. The Morgan fingerprint density at radius 1 is 0.920 bits per heavy atom. The van der Waals surface area contributed by atoms with Gasteiger partial charge in [-0.3, -0.25) is 24.1 Å². The number of carbonyl (C=O) groups excluding carboxylic acids is 4. The van der Waals surface area contributed by atoms with Crippen LogP contribution in [0.3, 0.4) is 0 Å². The second-order valence-electron chi connectivity index (χ2n) is 13.2. The van der Waals surface area contributed by atoms with Crippen LogP contribution in [0.2, 0.25) is 0 Å². The first kappa shape index (κ1) is 38.1. The average Bonchev–Trinajstić information content (AvgIpc) is 3.48. The van der Waals surface area contributed by atoms with Gasteiger partial charge in [-0.15, -0.1) is 0 Å². The molecule has 5 rings (SSSR count). The monoisotopic (exact) mass is 687 g/mol. The maximum Gasteiger partial charge on any atom is 0.251 e. The van der Waals surface area contributed by atoms with Crippen molar-refractivity contribution < 1.29 is 23.9 Å². The Kier molecular flexibility index (Phi) is 14.0. The predicted molar refractivity (Wildman–Crippen MR) is 192 cm³/mol. The van der Waals surface area contributed by atoms with Crippen LogP contribution in [0.25, 0.3) is 0 Å². The maximum atomic E-state index is 13.8. The largest absolute Gasteiger partial charge is 0.497 e. The number of carbonyl (C=O) groups is 4. The van der Waals surface area contributed by atoms with Crippen LogP contribution >= 0.6 is 0 Å². The summed E-state index contributed by atoms with van der Waals surface area (Å²) in [6.07, 6.45) is 3.20. The van der Waals surface area contributed by atoms with E-state index in [1.54, 1.807) is 38.3 Å². The van der Waals surface area contributed by atoms with E-state index in [1.807, 2.05) is 45.0 Å². The summed E-state index contributed by atoms with van der Waals surface area (Å²) < 4.78 is 5.26. The van der Waals surface area contributed by atoms with E-state index in [2.05, 4.69) is 38.1 Å². The number of methoxy groups -OCH3 is 1. The third kappa shape index (κ3) is 10.6. The molecule has 50 heavy (non-hydrogen) atoms. The van der Waals surface area contributed by atoms with Crippen LogP contribution in [0, 0.1) is 12.8 Å². The number of rotatable bonds is 8. The molecule has 2 aliphatic rings. The number of nitrogens with zero attached hydrogens (tertiary/aromatic N) is 2. The summed E-state index contributed by atoms with van der Waals surface area (Å²) in [5.74, 6) is -0.254. The number of aryl methyl sites for hydroxylation is 2. The number of hydrogen-bond donors (Lipinski definition) is 5. The summed E-state index contributed by atoms with van der Waals surface area (Å²) in [6.45, 7) is 12.1. The van der Waals surface area contributed by atoms with Gasteiger partial charge >= 0.3 is 0 Å². The summed E-state index contributed by atoms with van der Waals surface area (Å²) in [5.41, 5.74) is 4.32. The number of ether oxygens (including phenoxy) is 1. The fraction of sp³-hybridized carbons (Fsp3) is 0.500. The molecule has 0 spiro atoms. The van der Waals surface area contributed by atoms with Gasteiger partial charge in [-0.1, -0.05) is 51.5 Å².